The summed E-state index contributed by atoms with van der Waals surface area (Å²) in [5.74, 6) is 1.80. The summed E-state index contributed by atoms with van der Waals surface area (Å²) in [6.45, 7) is 8.65. The quantitative estimate of drug-likeness (QED) is 0.850. The van der Waals surface area contributed by atoms with Gasteiger partial charge in [0.25, 0.3) is 0 Å². The Morgan fingerprint density at radius 1 is 1.12 bits per heavy atom. The molecule has 144 valence electrons. The second-order valence-corrected chi connectivity index (χ2v) is 8.75. The molecule has 3 rings (SSSR count). The van der Waals surface area contributed by atoms with E-state index in [1.54, 1.807) is 0 Å². The van der Waals surface area contributed by atoms with Crippen molar-refractivity contribution in [2.24, 2.45) is 23.5 Å². The van der Waals surface area contributed by atoms with Crippen LogP contribution in [0.3, 0.4) is 0 Å². The van der Waals surface area contributed by atoms with Crippen molar-refractivity contribution in [1.29, 1.82) is 0 Å². The fourth-order valence-electron chi connectivity index (χ4n) is 4.84. The molecule has 1 amide bonds. The van der Waals surface area contributed by atoms with Crippen LogP contribution in [0.2, 0.25) is 0 Å². The van der Waals surface area contributed by atoms with Crippen LogP contribution in [-0.2, 0) is 17.9 Å². The third kappa shape index (κ3) is 5.31. The molecule has 4 nitrogen and oxygen atoms in total. The monoisotopic (exact) mass is 357 g/mol. The second kappa shape index (κ2) is 9.01. The fourth-order valence-corrected chi connectivity index (χ4v) is 4.84. The first-order valence-electron chi connectivity index (χ1n) is 10.3. The van der Waals surface area contributed by atoms with Crippen LogP contribution in [0, 0.1) is 17.8 Å². The van der Waals surface area contributed by atoms with Crippen molar-refractivity contribution < 1.29 is 4.79 Å². The first-order valence-corrected chi connectivity index (χ1v) is 10.3. The SMILES string of the molecule is CC1CC(C)CN(Cc2ccccc2CNC(=O)C2CCCC(N)C2)C1. The standard InChI is InChI=1S/C22H35N3O/c1-16-10-17(2)14-25(13-16)15-20-7-4-3-6-19(20)12-24-22(26)18-8-5-9-21(23)11-18/h3-4,6-7,16-18,21H,5,8-15,23H2,1-2H3,(H,24,26). The van der Waals surface area contributed by atoms with Crippen molar-refractivity contribution in [1.82, 2.24) is 10.2 Å². The van der Waals surface area contributed by atoms with Crippen LogP contribution >= 0.6 is 0 Å². The number of piperidine rings is 1. The zero-order chi connectivity index (χ0) is 18.5. The molecule has 1 heterocycles. The van der Waals surface area contributed by atoms with E-state index in [0.717, 1.165) is 44.1 Å². The number of carbonyl (C=O) groups is 1. The molecule has 0 bridgehead atoms. The number of nitrogens with zero attached hydrogens (tertiary/aromatic N) is 1. The summed E-state index contributed by atoms with van der Waals surface area (Å²) < 4.78 is 0. The molecule has 1 aliphatic carbocycles. The number of hydrogen-bond acceptors (Lipinski definition) is 3. The number of carbonyl (C=O) groups excluding carboxylic acids is 1. The minimum Gasteiger partial charge on any atom is -0.352 e. The van der Waals surface area contributed by atoms with E-state index < -0.39 is 0 Å². The molecule has 1 aliphatic heterocycles. The van der Waals surface area contributed by atoms with Crippen LogP contribution in [0.4, 0.5) is 0 Å². The van der Waals surface area contributed by atoms with Gasteiger partial charge in [0.05, 0.1) is 0 Å². The average Bonchev–Trinajstić information content (AvgIpc) is 2.60. The largest absolute Gasteiger partial charge is 0.352 e. The van der Waals surface area contributed by atoms with Gasteiger partial charge in [0.2, 0.25) is 5.91 Å². The fraction of sp³-hybridized carbons (Fsp3) is 0.682. The van der Waals surface area contributed by atoms with Crippen LogP contribution in [0.5, 0.6) is 0 Å². The van der Waals surface area contributed by atoms with Crippen molar-refractivity contribution in [2.75, 3.05) is 13.1 Å². The van der Waals surface area contributed by atoms with Crippen LogP contribution in [0.15, 0.2) is 24.3 Å². The normalized spacial score (nSPS) is 30.1. The van der Waals surface area contributed by atoms with E-state index >= 15 is 0 Å². The number of amides is 1. The Labute approximate surface area is 158 Å². The number of nitrogens with two attached hydrogens (primary N) is 1. The first kappa shape index (κ1) is 19.4. The molecule has 0 radical (unpaired) electrons. The van der Waals surface area contributed by atoms with Gasteiger partial charge in [0, 0.05) is 38.1 Å². The molecule has 1 saturated heterocycles. The molecule has 4 atom stereocenters. The molecule has 1 aromatic carbocycles. The number of nitrogens with one attached hydrogen (secondary N) is 1. The maximum absolute atomic E-state index is 12.5. The second-order valence-electron chi connectivity index (χ2n) is 8.75. The molecule has 2 fully saturated rings. The van der Waals surface area contributed by atoms with Gasteiger partial charge in [-0.1, -0.05) is 44.5 Å². The summed E-state index contributed by atoms with van der Waals surface area (Å²) in [5.41, 5.74) is 8.62. The Kier molecular flexibility index (Phi) is 6.71. The average molecular weight is 358 g/mol. The van der Waals surface area contributed by atoms with Crippen molar-refractivity contribution >= 4 is 5.91 Å². The van der Waals surface area contributed by atoms with E-state index in [0.29, 0.717) is 6.54 Å². The highest BCUT2D eigenvalue weighted by Crippen LogP contribution is 2.25. The van der Waals surface area contributed by atoms with E-state index in [1.807, 2.05) is 0 Å². The van der Waals surface area contributed by atoms with Gasteiger partial charge in [-0.05, 0) is 48.6 Å². The summed E-state index contributed by atoms with van der Waals surface area (Å²) >= 11 is 0. The summed E-state index contributed by atoms with van der Waals surface area (Å²) in [7, 11) is 0. The van der Waals surface area contributed by atoms with E-state index in [1.165, 1.54) is 30.6 Å². The maximum atomic E-state index is 12.5. The van der Waals surface area contributed by atoms with Crippen LogP contribution in [0.1, 0.15) is 57.1 Å². The molecule has 4 unspecified atom stereocenters. The van der Waals surface area contributed by atoms with Gasteiger partial charge in [-0.25, -0.2) is 0 Å². The molecule has 3 N–H and O–H groups in total. The van der Waals surface area contributed by atoms with Gasteiger partial charge < -0.3 is 11.1 Å². The lowest BCUT2D eigenvalue weighted by Gasteiger charge is -2.35. The molecular formula is C22H35N3O. The zero-order valence-electron chi connectivity index (χ0n) is 16.4. The number of rotatable bonds is 5. The molecule has 1 aromatic rings. The molecular weight excluding hydrogens is 322 g/mol. The third-order valence-electron chi connectivity index (χ3n) is 6.00. The Morgan fingerprint density at radius 2 is 1.81 bits per heavy atom. The summed E-state index contributed by atoms with van der Waals surface area (Å²) in [6.07, 6.45) is 5.26. The Bertz CT molecular complexity index is 593. The molecule has 0 aromatic heterocycles. The van der Waals surface area contributed by atoms with Gasteiger partial charge in [-0.15, -0.1) is 0 Å². The number of likely N-dealkylation sites (tertiary alicyclic amines) is 1. The Morgan fingerprint density at radius 3 is 2.50 bits per heavy atom. The molecule has 2 aliphatic rings. The lowest BCUT2D eigenvalue weighted by Crippen LogP contribution is -2.39. The minimum atomic E-state index is 0.0923. The van der Waals surface area contributed by atoms with Gasteiger partial charge in [-0.2, -0.15) is 0 Å². The summed E-state index contributed by atoms with van der Waals surface area (Å²) in [4.78, 5) is 15.1. The zero-order valence-corrected chi connectivity index (χ0v) is 16.4. The topological polar surface area (TPSA) is 58.4 Å². The minimum absolute atomic E-state index is 0.0923. The van der Waals surface area contributed by atoms with Gasteiger partial charge >= 0.3 is 0 Å². The van der Waals surface area contributed by atoms with Crippen LogP contribution < -0.4 is 11.1 Å². The van der Waals surface area contributed by atoms with Gasteiger partial charge in [-0.3, -0.25) is 9.69 Å². The van der Waals surface area contributed by atoms with Gasteiger partial charge in [0.1, 0.15) is 0 Å². The highest BCUT2D eigenvalue weighted by molar-refractivity contribution is 5.78. The number of benzene rings is 1. The Hall–Kier alpha value is -1.39. The van der Waals surface area contributed by atoms with Crippen molar-refractivity contribution in [3.63, 3.8) is 0 Å². The van der Waals surface area contributed by atoms with E-state index in [4.69, 9.17) is 5.73 Å². The molecule has 4 heteroatoms. The van der Waals surface area contributed by atoms with Crippen molar-refractivity contribution in [3.05, 3.63) is 35.4 Å². The van der Waals surface area contributed by atoms with E-state index in [9.17, 15) is 4.79 Å². The Balaban J connectivity index is 1.57. The van der Waals surface area contributed by atoms with E-state index in [2.05, 4.69) is 48.3 Å². The predicted octanol–water partition coefficient (Wildman–Crippen LogP) is 3.30. The summed E-state index contributed by atoms with van der Waals surface area (Å²) in [6, 6.07) is 8.73. The third-order valence-corrected chi connectivity index (χ3v) is 6.00. The maximum Gasteiger partial charge on any atom is 0.223 e. The van der Waals surface area contributed by atoms with Crippen molar-refractivity contribution in [3.8, 4) is 0 Å². The van der Waals surface area contributed by atoms with Crippen LogP contribution in [-0.4, -0.2) is 29.9 Å². The van der Waals surface area contributed by atoms with E-state index in [-0.39, 0.29) is 17.9 Å². The van der Waals surface area contributed by atoms with Crippen molar-refractivity contribution in [2.45, 2.75) is 65.1 Å². The first-order chi connectivity index (χ1) is 12.5. The smallest absolute Gasteiger partial charge is 0.223 e. The summed E-state index contributed by atoms with van der Waals surface area (Å²) in [5, 5.41) is 3.17. The highest BCUT2D eigenvalue weighted by atomic mass is 16.1. The molecule has 0 spiro atoms. The lowest BCUT2D eigenvalue weighted by molar-refractivity contribution is -0.126. The highest BCUT2D eigenvalue weighted by Gasteiger charge is 2.25. The van der Waals surface area contributed by atoms with Crippen LogP contribution in [0.25, 0.3) is 0 Å². The molecule has 1 saturated carbocycles. The lowest BCUT2D eigenvalue weighted by atomic mass is 9.85. The van der Waals surface area contributed by atoms with Gasteiger partial charge in [0.15, 0.2) is 0 Å². The molecule has 26 heavy (non-hydrogen) atoms. The predicted molar refractivity (Wildman–Crippen MR) is 106 cm³/mol. The number of hydrogen-bond donors (Lipinski definition) is 2.